The van der Waals surface area contributed by atoms with Crippen LogP contribution in [0.15, 0.2) is 24.3 Å². The summed E-state index contributed by atoms with van der Waals surface area (Å²) in [7, 11) is 1.57. The van der Waals surface area contributed by atoms with E-state index in [-0.39, 0.29) is 18.4 Å². The topological polar surface area (TPSA) is 67.4 Å². The number of nitrogens with one attached hydrogen (secondary N) is 2. The van der Waals surface area contributed by atoms with Gasteiger partial charge in [0.2, 0.25) is 11.8 Å². The summed E-state index contributed by atoms with van der Waals surface area (Å²) < 4.78 is 5.02. The molecule has 0 aromatic heterocycles. The van der Waals surface area contributed by atoms with E-state index in [0.717, 1.165) is 5.56 Å². The summed E-state index contributed by atoms with van der Waals surface area (Å²) in [4.78, 5) is 22.7. The third kappa shape index (κ3) is 1.98. The van der Waals surface area contributed by atoms with Gasteiger partial charge in [0.05, 0.1) is 13.7 Å². The van der Waals surface area contributed by atoms with Gasteiger partial charge >= 0.3 is 0 Å². The van der Waals surface area contributed by atoms with Crippen molar-refractivity contribution in [1.29, 1.82) is 0 Å². The zero-order valence-corrected chi connectivity index (χ0v) is 8.82. The molecule has 2 N–H and O–H groups in total. The van der Waals surface area contributed by atoms with E-state index < -0.39 is 6.04 Å². The van der Waals surface area contributed by atoms with Gasteiger partial charge in [-0.05, 0) is 17.7 Å². The van der Waals surface area contributed by atoms with Crippen LogP contribution in [-0.2, 0) is 9.59 Å². The molecule has 2 amide bonds. The van der Waals surface area contributed by atoms with Crippen LogP contribution in [0.25, 0.3) is 0 Å². The summed E-state index contributed by atoms with van der Waals surface area (Å²) in [5, 5.41) is 5.15. The summed E-state index contributed by atoms with van der Waals surface area (Å²) in [6.45, 7) is 0.0471. The van der Waals surface area contributed by atoms with Gasteiger partial charge in [0.15, 0.2) is 0 Å². The Morgan fingerprint density at radius 1 is 1.25 bits per heavy atom. The lowest BCUT2D eigenvalue weighted by Gasteiger charge is -2.23. The van der Waals surface area contributed by atoms with Gasteiger partial charge in [-0.15, -0.1) is 0 Å². The zero-order chi connectivity index (χ0) is 11.5. The Labute approximate surface area is 92.8 Å². The molecule has 1 atom stereocenters. The number of amides is 2. The van der Waals surface area contributed by atoms with Crippen LogP contribution in [-0.4, -0.2) is 25.5 Å². The van der Waals surface area contributed by atoms with Gasteiger partial charge in [0, 0.05) is 0 Å². The van der Waals surface area contributed by atoms with E-state index in [0.29, 0.717) is 5.75 Å². The maximum absolute atomic E-state index is 11.5. The Hall–Kier alpha value is -2.04. The first-order chi connectivity index (χ1) is 7.70. The standard InChI is InChI=1S/C11H12N2O3/c1-16-8-4-2-7(3-5-8)10-11(15)12-6-9(14)13-10/h2-5,10H,6H2,1H3,(H,12,15)(H,13,14)/t10-/m0/s1. The summed E-state index contributed by atoms with van der Waals surface area (Å²) in [5.74, 6) is 0.344. The molecule has 1 fully saturated rings. The Bertz CT molecular complexity index is 414. The van der Waals surface area contributed by atoms with Gasteiger partial charge in [-0.2, -0.15) is 0 Å². The second-order valence-electron chi connectivity index (χ2n) is 3.49. The van der Waals surface area contributed by atoms with Crippen LogP contribution in [0.1, 0.15) is 11.6 Å². The van der Waals surface area contributed by atoms with E-state index in [1.165, 1.54) is 0 Å². The molecule has 84 valence electrons. The first-order valence-corrected chi connectivity index (χ1v) is 4.92. The second-order valence-corrected chi connectivity index (χ2v) is 3.49. The normalized spacial score (nSPS) is 19.9. The number of methoxy groups -OCH3 is 1. The largest absolute Gasteiger partial charge is 0.497 e. The molecule has 5 nitrogen and oxygen atoms in total. The van der Waals surface area contributed by atoms with Crippen molar-refractivity contribution < 1.29 is 14.3 Å². The van der Waals surface area contributed by atoms with Crippen molar-refractivity contribution in [3.05, 3.63) is 29.8 Å². The van der Waals surface area contributed by atoms with Crippen molar-refractivity contribution in [2.24, 2.45) is 0 Å². The summed E-state index contributed by atoms with van der Waals surface area (Å²) >= 11 is 0. The summed E-state index contributed by atoms with van der Waals surface area (Å²) in [5.41, 5.74) is 0.742. The molecule has 1 saturated heterocycles. The number of piperazine rings is 1. The highest BCUT2D eigenvalue weighted by atomic mass is 16.5. The van der Waals surface area contributed by atoms with Crippen molar-refractivity contribution in [2.45, 2.75) is 6.04 Å². The predicted molar refractivity (Wildman–Crippen MR) is 56.9 cm³/mol. The van der Waals surface area contributed by atoms with Crippen LogP contribution in [0.2, 0.25) is 0 Å². The number of carbonyl (C=O) groups is 2. The highest BCUT2D eigenvalue weighted by molar-refractivity contribution is 5.95. The SMILES string of the molecule is COc1ccc([C@@H]2NC(=O)CNC2=O)cc1. The van der Waals surface area contributed by atoms with E-state index in [4.69, 9.17) is 4.74 Å². The quantitative estimate of drug-likeness (QED) is 0.736. The molecule has 1 heterocycles. The number of carbonyl (C=O) groups excluding carboxylic acids is 2. The Morgan fingerprint density at radius 3 is 2.56 bits per heavy atom. The molecule has 0 saturated carbocycles. The highest BCUT2D eigenvalue weighted by Gasteiger charge is 2.27. The molecule has 1 aliphatic rings. The van der Waals surface area contributed by atoms with E-state index >= 15 is 0 Å². The van der Waals surface area contributed by atoms with Gasteiger partial charge in [0.25, 0.3) is 0 Å². The summed E-state index contributed by atoms with van der Waals surface area (Å²) in [6, 6.07) is 6.42. The first kappa shape index (κ1) is 10.5. The number of rotatable bonds is 2. The molecule has 1 aromatic rings. The minimum absolute atomic E-state index is 0.0471. The van der Waals surface area contributed by atoms with E-state index in [1.807, 2.05) is 0 Å². The maximum atomic E-state index is 11.5. The van der Waals surface area contributed by atoms with Gasteiger partial charge < -0.3 is 15.4 Å². The van der Waals surface area contributed by atoms with Crippen LogP contribution < -0.4 is 15.4 Å². The van der Waals surface area contributed by atoms with Gasteiger partial charge in [-0.25, -0.2) is 0 Å². The van der Waals surface area contributed by atoms with Crippen molar-refractivity contribution in [1.82, 2.24) is 10.6 Å². The molecule has 2 rings (SSSR count). The van der Waals surface area contributed by atoms with Gasteiger partial charge in [-0.3, -0.25) is 9.59 Å². The van der Waals surface area contributed by atoms with E-state index in [1.54, 1.807) is 31.4 Å². The predicted octanol–water partition coefficient (Wildman–Crippen LogP) is -0.0177. The number of hydrogen-bond acceptors (Lipinski definition) is 3. The molecular weight excluding hydrogens is 208 g/mol. The lowest BCUT2D eigenvalue weighted by atomic mass is 10.0. The highest BCUT2D eigenvalue weighted by Crippen LogP contribution is 2.18. The van der Waals surface area contributed by atoms with Crippen LogP contribution >= 0.6 is 0 Å². The molecular formula is C11H12N2O3. The third-order valence-corrected chi connectivity index (χ3v) is 2.44. The fourth-order valence-corrected chi connectivity index (χ4v) is 1.58. The molecule has 1 aliphatic heterocycles. The smallest absolute Gasteiger partial charge is 0.247 e. The van der Waals surface area contributed by atoms with Crippen LogP contribution in [0.3, 0.4) is 0 Å². The minimum atomic E-state index is -0.604. The second kappa shape index (κ2) is 4.22. The van der Waals surface area contributed by atoms with Crippen LogP contribution in [0.5, 0.6) is 5.75 Å². The van der Waals surface area contributed by atoms with Crippen molar-refractivity contribution in [3.63, 3.8) is 0 Å². The molecule has 0 radical (unpaired) electrons. The Balaban J connectivity index is 2.21. The van der Waals surface area contributed by atoms with Gasteiger partial charge in [0.1, 0.15) is 11.8 Å². The molecule has 16 heavy (non-hydrogen) atoms. The van der Waals surface area contributed by atoms with Gasteiger partial charge in [-0.1, -0.05) is 12.1 Å². The third-order valence-electron chi connectivity index (χ3n) is 2.44. The van der Waals surface area contributed by atoms with Crippen LogP contribution in [0.4, 0.5) is 0 Å². The molecule has 0 unspecified atom stereocenters. The fraction of sp³-hybridized carbons (Fsp3) is 0.273. The number of benzene rings is 1. The lowest BCUT2D eigenvalue weighted by Crippen LogP contribution is -2.50. The fourth-order valence-electron chi connectivity index (χ4n) is 1.58. The van der Waals surface area contributed by atoms with Crippen molar-refractivity contribution >= 4 is 11.8 Å². The Kier molecular flexibility index (Phi) is 2.76. The first-order valence-electron chi connectivity index (χ1n) is 4.92. The van der Waals surface area contributed by atoms with E-state index in [2.05, 4.69) is 10.6 Å². The van der Waals surface area contributed by atoms with Crippen molar-refractivity contribution in [3.8, 4) is 5.75 Å². The molecule has 5 heteroatoms. The average molecular weight is 220 g/mol. The number of ether oxygens (including phenoxy) is 1. The zero-order valence-electron chi connectivity index (χ0n) is 8.82. The average Bonchev–Trinajstić information content (AvgIpc) is 2.32. The molecule has 0 spiro atoms. The molecule has 1 aromatic carbocycles. The molecule has 0 bridgehead atoms. The minimum Gasteiger partial charge on any atom is -0.497 e. The Morgan fingerprint density at radius 2 is 1.94 bits per heavy atom. The number of hydrogen-bond donors (Lipinski definition) is 2. The maximum Gasteiger partial charge on any atom is 0.247 e. The lowest BCUT2D eigenvalue weighted by molar-refractivity contribution is -0.133. The van der Waals surface area contributed by atoms with Crippen LogP contribution in [0, 0.1) is 0 Å². The monoisotopic (exact) mass is 220 g/mol. The molecule has 0 aliphatic carbocycles. The van der Waals surface area contributed by atoms with Crippen molar-refractivity contribution in [2.75, 3.05) is 13.7 Å². The summed E-state index contributed by atoms with van der Waals surface area (Å²) in [6.07, 6.45) is 0. The van der Waals surface area contributed by atoms with E-state index in [9.17, 15) is 9.59 Å².